The van der Waals surface area contributed by atoms with E-state index in [0.717, 1.165) is 23.7 Å². The molecule has 17 heavy (non-hydrogen) atoms. The summed E-state index contributed by atoms with van der Waals surface area (Å²) in [7, 11) is 0. The zero-order valence-electron chi connectivity index (χ0n) is 9.62. The molecule has 1 saturated carbocycles. The first-order chi connectivity index (χ1) is 8.15. The minimum absolute atomic E-state index is 0.102. The Hall–Kier alpha value is -1.22. The second kappa shape index (κ2) is 3.91. The van der Waals surface area contributed by atoms with E-state index in [1.165, 1.54) is 19.3 Å². The van der Waals surface area contributed by atoms with Crippen LogP contribution in [0, 0.1) is 11.3 Å². The number of nitrogen functional groups attached to an aromatic ring is 1. The van der Waals surface area contributed by atoms with Gasteiger partial charge in [-0.25, -0.2) is 0 Å². The molecule has 4 heteroatoms. The van der Waals surface area contributed by atoms with Crippen molar-refractivity contribution in [3.05, 3.63) is 28.8 Å². The van der Waals surface area contributed by atoms with E-state index in [9.17, 15) is 0 Å². The highest BCUT2D eigenvalue weighted by Crippen LogP contribution is 2.41. The summed E-state index contributed by atoms with van der Waals surface area (Å²) in [6.45, 7) is 1.10. The van der Waals surface area contributed by atoms with Crippen LogP contribution >= 0.6 is 11.6 Å². The van der Waals surface area contributed by atoms with Crippen molar-refractivity contribution in [1.82, 2.24) is 0 Å². The van der Waals surface area contributed by atoms with Gasteiger partial charge in [-0.3, -0.25) is 5.41 Å². The highest BCUT2D eigenvalue weighted by atomic mass is 35.5. The summed E-state index contributed by atoms with van der Waals surface area (Å²) in [5.74, 6) is 0.931. The molecular weight excluding hydrogens is 234 g/mol. The molecule has 1 heterocycles. The van der Waals surface area contributed by atoms with Gasteiger partial charge in [0, 0.05) is 28.9 Å². The van der Waals surface area contributed by atoms with E-state index in [4.69, 9.17) is 22.7 Å². The normalized spacial score (nSPS) is 26.5. The lowest BCUT2D eigenvalue weighted by Crippen LogP contribution is -2.33. The van der Waals surface area contributed by atoms with Crippen molar-refractivity contribution in [2.24, 2.45) is 11.7 Å². The first kappa shape index (κ1) is 10.9. The third kappa shape index (κ3) is 1.78. The predicted molar refractivity (Wildman–Crippen MR) is 70.9 cm³/mol. The largest absolute Gasteiger partial charge is 0.384 e. The van der Waals surface area contributed by atoms with Crippen molar-refractivity contribution in [2.75, 3.05) is 11.4 Å². The van der Waals surface area contributed by atoms with Crippen LogP contribution in [0.25, 0.3) is 0 Å². The molecule has 1 aliphatic carbocycles. The van der Waals surface area contributed by atoms with E-state index in [0.29, 0.717) is 11.1 Å². The van der Waals surface area contributed by atoms with Crippen molar-refractivity contribution >= 4 is 23.1 Å². The van der Waals surface area contributed by atoms with Crippen molar-refractivity contribution in [3.8, 4) is 0 Å². The molecule has 1 aromatic rings. The number of nitrogens with one attached hydrogen (secondary N) is 1. The molecule has 3 rings (SSSR count). The molecule has 1 aliphatic heterocycles. The topological polar surface area (TPSA) is 53.1 Å². The van der Waals surface area contributed by atoms with E-state index in [1.54, 1.807) is 6.07 Å². The molecule has 2 atom stereocenters. The highest BCUT2D eigenvalue weighted by Gasteiger charge is 2.38. The van der Waals surface area contributed by atoms with Crippen LogP contribution in [0.4, 0.5) is 5.69 Å². The quantitative estimate of drug-likeness (QED) is 0.625. The fourth-order valence-electron chi connectivity index (χ4n) is 3.19. The molecule has 3 nitrogen and oxygen atoms in total. The molecule has 2 fully saturated rings. The molecule has 2 unspecified atom stereocenters. The van der Waals surface area contributed by atoms with Crippen LogP contribution in [0.2, 0.25) is 5.02 Å². The fourth-order valence-corrected chi connectivity index (χ4v) is 3.37. The summed E-state index contributed by atoms with van der Waals surface area (Å²) in [6, 6.07) is 6.32. The number of nitrogens with zero attached hydrogens (tertiary/aromatic N) is 1. The summed E-state index contributed by atoms with van der Waals surface area (Å²) in [6.07, 6.45) is 3.91. The lowest BCUT2D eigenvalue weighted by molar-refractivity contribution is 0.553. The van der Waals surface area contributed by atoms with Crippen LogP contribution in [0.1, 0.15) is 24.8 Å². The van der Waals surface area contributed by atoms with Crippen molar-refractivity contribution < 1.29 is 0 Å². The molecule has 1 saturated heterocycles. The number of amidine groups is 1. The van der Waals surface area contributed by atoms with Gasteiger partial charge in [0.1, 0.15) is 5.84 Å². The molecule has 3 N–H and O–H groups in total. The SMILES string of the molecule is N=C(N)c1cc(Cl)ccc1N1CC2CCC1C2. The van der Waals surface area contributed by atoms with E-state index in [-0.39, 0.29) is 5.84 Å². The van der Waals surface area contributed by atoms with Crippen LogP contribution in [-0.2, 0) is 0 Å². The first-order valence-electron chi connectivity index (χ1n) is 6.05. The predicted octanol–water partition coefficient (Wildman–Crippen LogP) is 2.61. The standard InChI is InChI=1S/C13H16ClN3/c14-9-2-4-12(11(6-9)13(15)16)17-7-8-1-3-10(17)5-8/h2,4,6,8,10H,1,3,5,7H2,(H3,15,16). The maximum absolute atomic E-state index is 7.66. The van der Waals surface area contributed by atoms with Gasteiger partial charge in [-0.05, 0) is 43.4 Å². The molecule has 0 spiro atoms. The van der Waals surface area contributed by atoms with Gasteiger partial charge in [0.25, 0.3) is 0 Å². The highest BCUT2D eigenvalue weighted by molar-refractivity contribution is 6.31. The van der Waals surface area contributed by atoms with Crippen LogP contribution in [0.15, 0.2) is 18.2 Å². The summed E-state index contributed by atoms with van der Waals surface area (Å²) in [5.41, 5.74) is 7.49. The fraction of sp³-hybridized carbons (Fsp3) is 0.462. The number of rotatable bonds is 2. The average molecular weight is 250 g/mol. The Kier molecular flexibility index (Phi) is 2.51. The third-order valence-corrected chi connectivity index (χ3v) is 4.20. The number of hydrogen-bond donors (Lipinski definition) is 2. The summed E-state index contributed by atoms with van der Waals surface area (Å²) < 4.78 is 0. The van der Waals surface area contributed by atoms with E-state index >= 15 is 0 Å². The molecule has 0 radical (unpaired) electrons. The average Bonchev–Trinajstić information content (AvgIpc) is 2.90. The second-order valence-electron chi connectivity index (χ2n) is 5.06. The van der Waals surface area contributed by atoms with Gasteiger partial charge in [-0.15, -0.1) is 0 Å². The van der Waals surface area contributed by atoms with Crippen molar-refractivity contribution in [1.29, 1.82) is 5.41 Å². The maximum atomic E-state index is 7.66. The van der Waals surface area contributed by atoms with Gasteiger partial charge < -0.3 is 10.6 Å². The Labute approximate surface area is 106 Å². The smallest absolute Gasteiger partial charge is 0.124 e. The lowest BCUT2D eigenvalue weighted by Gasteiger charge is -2.30. The second-order valence-corrected chi connectivity index (χ2v) is 5.50. The number of halogens is 1. The molecule has 90 valence electrons. The number of piperidine rings is 1. The summed E-state index contributed by atoms with van der Waals surface area (Å²) >= 11 is 5.98. The number of benzene rings is 1. The van der Waals surface area contributed by atoms with Crippen LogP contribution in [0.5, 0.6) is 0 Å². The Balaban J connectivity index is 2.00. The molecular formula is C13H16ClN3. The Morgan fingerprint density at radius 3 is 2.82 bits per heavy atom. The van der Waals surface area contributed by atoms with E-state index in [2.05, 4.69) is 4.90 Å². The Morgan fingerprint density at radius 1 is 1.41 bits per heavy atom. The zero-order valence-corrected chi connectivity index (χ0v) is 10.4. The van der Waals surface area contributed by atoms with Gasteiger partial charge >= 0.3 is 0 Å². The summed E-state index contributed by atoms with van der Waals surface area (Å²) in [4.78, 5) is 2.40. The van der Waals surface area contributed by atoms with Gasteiger partial charge in [-0.1, -0.05) is 11.6 Å². The van der Waals surface area contributed by atoms with Crippen LogP contribution in [-0.4, -0.2) is 18.4 Å². The first-order valence-corrected chi connectivity index (χ1v) is 6.43. The molecule has 2 aliphatic rings. The zero-order chi connectivity index (χ0) is 12.0. The number of hydrogen-bond acceptors (Lipinski definition) is 2. The van der Waals surface area contributed by atoms with Crippen LogP contribution in [0.3, 0.4) is 0 Å². The molecule has 2 bridgehead atoms. The Morgan fingerprint density at radius 2 is 2.24 bits per heavy atom. The summed E-state index contributed by atoms with van der Waals surface area (Å²) in [5, 5.41) is 8.31. The maximum Gasteiger partial charge on any atom is 0.124 e. The van der Waals surface area contributed by atoms with E-state index in [1.807, 2.05) is 12.1 Å². The van der Waals surface area contributed by atoms with Gasteiger partial charge in [-0.2, -0.15) is 0 Å². The number of nitrogens with two attached hydrogens (primary N) is 1. The van der Waals surface area contributed by atoms with E-state index < -0.39 is 0 Å². The number of anilines is 1. The third-order valence-electron chi connectivity index (χ3n) is 3.97. The van der Waals surface area contributed by atoms with Crippen molar-refractivity contribution in [3.63, 3.8) is 0 Å². The molecule has 0 aromatic heterocycles. The van der Waals surface area contributed by atoms with Gasteiger partial charge in [0.2, 0.25) is 0 Å². The van der Waals surface area contributed by atoms with Gasteiger partial charge in [0.05, 0.1) is 0 Å². The van der Waals surface area contributed by atoms with Crippen LogP contribution < -0.4 is 10.6 Å². The number of fused-ring (bicyclic) bond motifs is 2. The minimum Gasteiger partial charge on any atom is -0.384 e. The monoisotopic (exact) mass is 249 g/mol. The Bertz CT molecular complexity index is 472. The lowest BCUT2D eigenvalue weighted by atomic mass is 10.1. The molecule has 1 aromatic carbocycles. The van der Waals surface area contributed by atoms with Gasteiger partial charge in [0.15, 0.2) is 0 Å². The minimum atomic E-state index is 0.102. The molecule has 0 amide bonds. The van der Waals surface area contributed by atoms with Crippen molar-refractivity contribution in [2.45, 2.75) is 25.3 Å².